The highest BCUT2D eigenvalue weighted by Crippen LogP contribution is 2.33. The van der Waals surface area contributed by atoms with E-state index in [9.17, 15) is 13.6 Å². The number of carbonyl (C=O) groups excluding carboxylic acids is 1. The van der Waals surface area contributed by atoms with E-state index in [4.69, 9.17) is 4.74 Å². The van der Waals surface area contributed by atoms with E-state index in [1.54, 1.807) is 29.8 Å². The van der Waals surface area contributed by atoms with Gasteiger partial charge in [0.2, 0.25) is 5.91 Å². The minimum atomic E-state index is -3.03. The average Bonchev–Trinajstić information content (AvgIpc) is 2.93. The van der Waals surface area contributed by atoms with Gasteiger partial charge in [-0.2, -0.15) is 8.78 Å². The molecule has 25 heavy (non-hydrogen) atoms. The molecular formula is C18H23F2N3O2. The Hall–Kier alpha value is -2.02. The van der Waals surface area contributed by atoms with Gasteiger partial charge in [-0.25, -0.2) is 4.98 Å². The molecule has 1 amide bonds. The summed E-state index contributed by atoms with van der Waals surface area (Å²) in [6.45, 7) is 4.17. The molecule has 2 aromatic rings. The molecule has 2 heterocycles. The van der Waals surface area contributed by atoms with Crippen molar-refractivity contribution in [1.82, 2.24) is 9.55 Å². The lowest BCUT2D eigenvalue weighted by Crippen LogP contribution is -2.24. The van der Waals surface area contributed by atoms with E-state index in [1.807, 2.05) is 0 Å². The molecule has 0 radical (unpaired) electrons. The summed E-state index contributed by atoms with van der Waals surface area (Å²) in [5, 5.41) is 0. The summed E-state index contributed by atoms with van der Waals surface area (Å²) in [6.07, 6.45) is 1.72. The SMILES string of the molecule is CC(=O)N(C)c1ccc2c(c1)nc(C(C)(F)F)n2CC1CCOCC1. The lowest BCUT2D eigenvalue weighted by atomic mass is 10.00. The zero-order valence-corrected chi connectivity index (χ0v) is 14.8. The van der Waals surface area contributed by atoms with Gasteiger partial charge in [0.1, 0.15) is 0 Å². The molecule has 0 atom stereocenters. The van der Waals surface area contributed by atoms with Crippen LogP contribution in [0.3, 0.4) is 0 Å². The third-order valence-electron chi connectivity index (χ3n) is 4.77. The fraction of sp³-hybridized carbons (Fsp3) is 0.556. The fourth-order valence-corrected chi connectivity index (χ4v) is 3.22. The van der Waals surface area contributed by atoms with Crippen LogP contribution in [0.15, 0.2) is 18.2 Å². The summed E-state index contributed by atoms with van der Waals surface area (Å²) in [6, 6.07) is 5.22. The van der Waals surface area contributed by atoms with Crippen molar-refractivity contribution >= 4 is 22.6 Å². The van der Waals surface area contributed by atoms with Crippen molar-refractivity contribution in [1.29, 1.82) is 0 Å². The monoisotopic (exact) mass is 351 g/mol. The van der Waals surface area contributed by atoms with E-state index >= 15 is 0 Å². The molecule has 0 aliphatic carbocycles. The largest absolute Gasteiger partial charge is 0.381 e. The summed E-state index contributed by atoms with van der Waals surface area (Å²) in [4.78, 5) is 17.2. The van der Waals surface area contributed by atoms with Gasteiger partial charge in [0, 0.05) is 46.3 Å². The van der Waals surface area contributed by atoms with Crippen molar-refractivity contribution in [3.05, 3.63) is 24.0 Å². The van der Waals surface area contributed by atoms with Gasteiger partial charge in [-0.3, -0.25) is 4.79 Å². The van der Waals surface area contributed by atoms with Crippen molar-refractivity contribution in [2.45, 2.75) is 39.2 Å². The molecule has 136 valence electrons. The van der Waals surface area contributed by atoms with Crippen molar-refractivity contribution in [3.8, 4) is 0 Å². The normalized spacial score (nSPS) is 16.4. The third kappa shape index (κ3) is 3.66. The van der Waals surface area contributed by atoms with Gasteiger partial charge in [0.05, 0.1) is 11.0 Å². The number of amides is 1. The second-order valence-corrected chi connectivity index (χ2v) is 6.74. The zero-order chi connectivity index (χ0) is 18.2. The Bertz CT molecular complexity index is 776. The number of ether oxygens (including phenoxy) is 1. The Morgan fingerprint density at radius 3 is 2.68 bits per heavy atom. The Labute approximate surface area is 145 Å². The van der Waals surface area contributed by atoms with E-state index in [-0.39, 0.29) is 11.7 Å². The summed E-state index contributed by atoms with van der Waals surface area (Å²) < 4.78 is 35.2. The maximum atomic E-state index is 14.1. The number of halogens is 2. The molecule has 0 unspecified atom stereocenters. The van der Waals surface area contributed by atoms with Crippen LogP contribution in [0.25, 0.3) is 11.0 Å². The number of alkyl halides is 2. The van der Waals surface area contributed by atoms with Crippen molar-refractivity contribution in [3.63, 3.8) is 0 Å². The minimum absolute atomic E-state index is 0.123. The van der Waals surface area contributed by atoms with E-state index < -0.39 is 5.92 Å². The van der Waals surface area contributed by atoms with Gasteiger partial charge < -0.3 is 14.2 Å². The molecule has 0 N–H and O–H groups in total. The van der Waals surface area contributed by atoms with Gasteiger partial charge in [0.15, 0.2) is 5.82 Å². The van der Waals surface area contributed by atoms with Crippen LogP contribution < -0.4 is 4.90 Å². The topological polar surface area (TPSA) is 47.4 Å². The standard InChI is InChI=1S/C18H23F2N3O2/c1-12(24)22(3)14-4-5-16-15(10-14)21-17(18(2,19)20)23(16)11-13-6-8-25-9-7-13/h4-5,10,13H,6-9,11H2,1-3H3. The number of aromatic nitrogens is 2. The summed E-state index contributed by atoms with van der Waals surface area (Å²) >= 11 is 0. The van der Waals surface area contributed by atoms with Crippen LogP contribution in [0.5, 0.6) is 0 Å². The van der Waals surface area contributed by atoms with Crippen LogP contribution in [0.1, 0.15) is 32.5 Å². The first kappa shape index (κ1) is 17.8. The fourth-order valence-electron chi connectivity index (χ4n) is 3.22. The highest BCUT2D eigenvalue weighted by atomic mass is 19.3. The van der Waals surface area contributed by atoms with Crippen LogP contribution in [0.2, 0.25) is 0 Å². The summed E-state index contributed by atoms with van der Waals surface area (Å²) in [7, 11) is 1.65. The second-order valence-electron chi connectivity index (χ2n) is 6.74. The molecule has 1 saturated heterocycles. The summed E-state index contributed by atoms with van der Waals surface area (Å²) in [5.41, 5.74) is 1.79. The number of carbonyl (C=O) groups is 1. The minimum Gasteiger partial charge on any atom is -0.381 e. The number of rotatable bonds is 4. The molecule has 1 aromatic heterocycles. The number of fused-ring (bicyclic) bond motifs is 1. The first-order valence-corrected chi connectivity index (χ1v) is 8.48. The first-order valence-electron chi connectivity index (χ1n) is 8.48. The molecule has 1 aromatic carbocycles. The van der Waals surface area contributed by atoms with Crippen LogP contribution in [0, 0.1) is 5.92 Å². The molecule has 5 nitrogen and oxygen atoms in total. The van der Waals surface area contributed by atoms with Crippen LogP contribution in [-0.2, 0) is 22.0 Å². The predicted octanol–water partition coefficient (Wildman–Crippen LogP) is 3.56. The molecule has 0 spiro atoms. The lowest BCUT2D eigenvalue weighted by Gasteiger charge is -2.24. The second kappa shape index (κ2) is 6.71. The highest BCUT2D eigenvalue weighted by Gasteiger charge is 2.33. The maximum absolute atomic E-state index is 14.1. The van der Waals surface area contributed by atoms with E-state index in [1.165, 1.54) is 11.8 Å². The van der Waals surface area contributed by atoms with Gasteiger partial charge in [0.25, 0.3) is 0 Å². The van der Waals surface area contributed by atoms with E-state index in [2.05, 4.69) is 4.98 Å². The Kier molecular flexibility index (Phi) is 4.77. The Balaban J connectivity index is 2.04. The number of hydrogen-bond donors (Lipinski definition) is 0. The van der Waals surface area contributed by atoms with E-state index in [0.29, 0.717) is 42.4 Å². The smallest absolute Gasteiger partial charge is 0.302 e. The molecule has 1 aliphatic heterocycles. The number of hydrogen-bond acceptors (Lipinski definition) is 3. The molecular weight excluding hydrogens is 328 g/mol. The number of imidazole rings is 1. The molecule has 0 saturated carbocycles. The zero-order valence-electron chi connectivity index (χ0n) is 14.8. The van der Waals surface area contributed by atoms with Gasteiger partial charge in [-0.1, -0.05) is 0 Å². The van der Waals surface area contributed by atoms with Crippen molar-refractivity contribution < 1.29 is 18.3 Å². The third-order valence-corrected chi connectivity index (χ3v) is 4.77. The molecule has 0 bridgehead atoms. The van der Waals surface area contributed by atoms with E-state index in [0.717, 1.165) is 19.8 Å². The number of nitrogens with zero attached hydrogens (tertiary/aromatic N) is 3. The lowest BCUT2D eigenvalue weighted by molar-refractivity contribution is -0.116. The molecule has 1 aliphatic rings. The first-order chi connectivity index (χ1) is 11.8. The average molecular weight is 351 g/mol. The Morgan fingerprint density at radius 2 is 2.08 bits per heavy atom. The van der Waals surface area contributed by atoms with Crippen LogP contribution in [0.4, 0.5) is 14.5 Å². The predicted molar refractivity (Wildman–Crippen MR) is 91.9 cm³/mol. The maximum Gasteiger partial charge on any atom is 0.302 e. The molecule has 7 heteroatoms. The number of benzene rings is 1. The van der Waals surface area contributed by atoms with Crippen molar-refractivity contribution in [2.75, 3.05) is 25.2 Å². The quantitative estimate of drug-likeness (QED) is 0.846. The van der Waals surface area contributed by atoms with Gasteiger partial charge in [-0.15, -0.1) is 0 Å². The van der Waals surface area contributed by atoms with Gasteiger partial charge in [-0.05, 0) is 37.0 Å². The van der Waals surface area contributed by atoms with Gasteiger partial charge >= 0.3 is 5.92 Å². The number of anilines is 1. The summed E-state index contributed by atoms with van der Waals surface area (Å²) in [5.74, 6) is -3.08. The molecule has 1 fully saturated rings. The highest BCUT2D eigenvalue weighted by molar-refractivity contribution is 5.93. The Morgan fingerprint density at radius 1 is 1.40 bits per heavy atom. The van der Waals surface area contributed by atoms with Crippen LogP contribution in [-0.4, -0.2) is 35.7 Å². The van der Waals surface area contributed by atoms with Crippen molar-refractivity contribution in [2.24, 2.45) is 5.92 Å². The molecule has 3 rings (SSSR count). The van der Waals surface area contributed by atoms with Crippen LogP contribution >= 0.6 is 0 Å².